The molecule has 1 atom stereocenters. The second kappa shape index (κ2) is 15.0. The Hall–Kier alpha value is -3.56. The topological polar surface area (TPSA) is 124 Å². The van der Waals surface area contributed by atoms with Gasteiger partial charge in [-0.1, -0.05) is 46.6 Å². The van der Waals surface area contributed by atoms with Crippen LogP contribution in [0.15, 0.2) is 24.3 Å². The quantitative estimate of drug-likeness (QED) is 0.325. The Morgan fingerprint density at radius 3 is 2.18 bits per heavy atom. The third-order valence-corrected chi connectivity index (χ3v) is 6.53. The van der Waals surface area contributed by atoms with Gasteiger partial charge in [-0.15, -0.1) is 0 Å². The molecule has 0 bridgehead atoms. The van der Waals surface area contributed by atoms with E-state index < -0.39 is 6.04 Å². The van der Waals surface area contributed by atoms with Crippen LogP contribution in [0, 0.1) is 11.8 Å². The van der Waals surface area contributed by atoms with Crippen molar-refractivity contribution in [2.75, 3.05) is 27.8 Å². The summed E-state index contributed by atoms with van der Waals surface area (Å²) >= 11 is 0. The fourth-order valence-electron chi connectivity index (χ4n) is 4.35. The summed E-state index contributed by atoms with van der Waals surface area (Å²) in [6.45, 7) is 8.85. The molecule has 3 N–H and O–H groups in total. The van der Waals surface area contributed by atoms with Crippen LogP contribution in [0.5, 0.6) is 11.5 Å². The lowest BCUT2D eigenvalue weighted by molar-refractivity contribution is -0.126. The second-order valence-electron chi connectivity index (χ2n) is 9.77. The first-order valence-electron chi connectivity index (χ1n) is 13.2. The maximum absolute atomic E-state index is 13.4. The van der Waals surface area contributed by atoms with Gasteiger partial charge >= 0.3 is 0 Å². The van der Waals surface area contributed by atoms with Gasteiger partial charge in [0, 0.05) is 26.1 Å². The number of carbonyl (C=O) groups excluding carboxylic acids is 3. The summed E-state index contributed by atoms with van der Waals surface area (Å²) in [5.74, 6) is 0.896. The van der Waals surface area contributed by atoms with Gasteiger partial charge in [0.15, 0.2) is 5.69 Å². The summed E-state index contributed by atoms with van der Waals surface area (Å²) in [5, 5.41) is 12.7. The molecule has 10 heteroatoms. The number of ether oxygens (including phenoxy) is 2. The zero-order valence-electron chi connectivity index (χ0n) is 23.7. The van der Waals surface area contributed by atoms with E-state index in [2.05, 4.69) is 29.8 Å². The normalized spacial score (nSPS) is 11.8. The summed E-state index contributed by atoms with van der Waals surface area (Å²) in [6, 6.07) is 6.88. The van der Waals surface area contributed by atoms with E-state index in [1.54, 1.807) is 20.3 Å². The number of aromatic nitrogens is 2. The molecule has 210 valence electrons. The highest BCUT2D eigenvalue weighted by atomic mass is 16.5. The minimum absolute atomic E-state index is 0.0581. The summed E-state index contributed by atoms with van der Waals surface area (Å²) < 4.78 is 13.1. The number of carbonyl (C=O) groups is 3. The van der Waals surface area contributed by atoms with Crippen molar-refractivity contribution in [3.8, 4) is 22.8 Å². The molecule has 0 aliphatic heterocycles. The van der Waals surface area contributed by atoms with Crippen LogP contribution in [-0.4, -0.2) is 61.4 Å². The molecule has 3 amide bonds. The van der Waals surface area contributed by atoms with Crippen LogP contribution in [0.2, 0.25) is 0 Å². The summed E-state index contributed by atoms with van der Waals surface area (Å²) in [5.41, 5.74) is 1.70. The fraction of sp³-hybridized carbons (Fsp3) is 0.571. The van der Waals surface area contributed by atoms with Crippen molar-refractivity contribution in [1.82, 2.24) is 25.7 Å². The molecule has 0 unspecified atom stereocenters. The molecule has 0 aliphatic rings. The maximum atomic E-state index is 13.4. The van der Waals surface area contributed by atoms with Crippen LogP contribution in [-0.2, 0) is 16.1 Å². The van der Waals surface area contributed by atoms with E-state index in [0.717, 1.165) is 24.1 Å². The molecular weight excluding hydrogens is 486 g/mol. The highest BCUT2D eigenvalue weighted by Crippen LogP contribution is 2.39. The molecule has 0 fully saturated rings. The van der Waals surface area contributed by atoms with E-state index in [9.17, 15) is 14.4 Å². The molecule has 0 aliphatic carbocycles. The van der Waals surface area contributed by atoms with E-state index in [4.69, 9.17) is 14.6 Å². The Morgan fingerprint density at radius 2 is 1.66 bits per heavy atom. The maximum Gasteiger partial charge on any atom is 0.272 e. The number of benzene rings is 1. The molecule has 2 rings (SSSR count). The smallest absolute Gasteiger partial charge is 0.272 e. The number of likely N-dealkylation sites (N-methyl/N-ethyl adjacent to an activating group) is 1. The monoisotopic (exact) mass is 529 g/mol. The van der Waals surface area contributed by atoms with Crippen LogP contribution in [0.25, 0.3) is 11.3 Å². The molecule has 1 aromatic heterocycles. The van der Waals surface area contributed by atoms with E-state index in [0.29, 0.717) is 30.4 Å². The molecule has 0 saturated heterocycles. The number of hydrogen-bond donors (Lipinski definition) is 3. The van der Waals surface area contributed by atoms with Crippen molar-refractivity contribution in [1.29, 1.82) is 0 Å². The number of hydrogen-bond acceptors (Lipinski definition) is 6. The molecular formula is C28H43N5O5. The first-order chi connectivity index (χ1) is 18.2. The van der Waals surface area contributed by atoms with Gasteiger partial charge in [0.25, 0.3) is 5.91 Å². The molecule has 2 aromatic rings. The Kier molecular flexibility index (Phi) is 12.1. The van der Waals surface area contributed by atoms with Gasteiger partial charge in [-0.2, -0.15) is 5.10 Å². The Labute approximate surface area is 225 Å². The lowest BCUT2D eigenvalue weighted by atomic mass is 10.0. The highest BCUT2D eigenvalue weighted by Gasteiger charge is 2.25. The van der Waals surface area contributed by atoms with Gasteiger partial charge in [-0.3, -0.25) is 19.1 Å². The second-order valence-corrected chi connectivity index (χ2v) is 9.77. The number of nitrogens with one attached hydrogen (secondary N) is 3. The number of methoxy groups -OCH3 is 2. The predicted octanol–water partition coefficient (Wildman–Crippen LogP) is 3.40. The van der Waals surface area contributed by atoms with Gasteiger partial charge in [-0.25, -0.2) is 0 Å². The molecule has 0 spiro atoms. The SMILES string of the molecule is CCC(CC)Cn1nc(C(=O)N[C@H](CC(=O)NCC(=O)NC)CC(C)C)cc1-c1c(OC)cccc1OC. The predicted molar refractivity (Wildman–Crippen MR) is 147 cm³/mol. The van der Waals surface area contributed by atoms with Crippen molar-refractivity contribution in [2.24, 2.45) is 11.8 Å². The standard InChI is InChI=1S/C28H43N5O5/c1-8-19(9-2)17-33-22(27-23(37-6)11-10-12-24(27)38-7)15-21(32-33)28(36)31-20(13-18(3)4)14-25(34)30-16-26(35)29-5/h10-12,15,18-20H,8-9,13-14,16-17H2,1-7H3,(H,29,35)(H,30,34)(H,31,36)/t20-/m0/s1. The minimum Gasteiger partial charge on any atom is -0.496 e. The van der Waals surface area contributed by atoms with Crippen molar-refractivity contribution in [3.05, 3.63) is 30.0 Å². The van der Waals surface area contributed by atoms with Crippen LogP contribution in [0.1, 0.15) is 63.9 Å². The summed E-state index contributed by atoms with van der Waals surface area (Å²) in [6.07, 6.45) is 2.60. The van der Waals surface area contributed by atoms with Crippen molar-refractivity contribution < 1.29 is 23.9 Å². The van der Waals surface area contributed by atoms with Crippen molar-refractivity contribution in [2.45, 2.75) is 66.0 Å². The largest absolute Gasteiger partial charge is 0.496 e. The zero-order valence-corrected chi connectivity index (χ0v) is 23.7. The van der Waals surface area contributed by atoms with E-state index in [1.807, 2.05) is 36.7 Å². The van der Waals surface area contributed by atoms with E-state index >= 15 is 0 Å². The third kappa shape index (κ3) is 8.49. The van der Waals surface area contributed by atoms with Crippen LogP contribution in [0.4, 0.5) is 0 Å². The Morgan fingerprint density at radius 1 is 1.03 bits per heavy atom. The summed E-state index contributed by atoms with van der Waals surface area (Å²) in [4.78, 5) is 37.4. The van der Waals surface area contributed by atoms with Crippen molar-refractivity contribution in [3.63, 3.8) is 0 Å². The molecule has 38 heavy (non-hydrogen) atoms. The molecule has 0 radical (unpaired) electrons. The van der Waals surface area contributed by atoms with Crippen molar-refractivity contribution >= 4 is 17.7 Å². The van der Waals surface area contributed by atoms with Gasteiger partial charge in [0.2, 0.25) is 11.8 Å². The number of nitrogens with zero attached hydrogens (tertiary/aromatic N) is 2. The van der Waals surface area contributed by atoms with Crippen LogP contribution >= 0.6 is 0 Å². The third-order valence-electron chi connectivity index (χ3n) is 6.53. The molecule has 0 saturated carbocycles. The van der Waals surface area contributed by atoms with E-state index in [-0.39, 0.29) is 42.3 Å². The van der Waals surface area contributed by atoms with E-state index in [1.165, 1.54) is 7.05 Å². The molecule has 1 aromatic carbocycles. The van der Waals surface area contributed by atoms with Gasteiger partial charge < -0.3 is 25.4 Å². The number of amides is 3. The lowest BCUT2D eigenvalue weighted by Crippen LogP contribution is -2.42. The lowest BCUT2D eigenvalue weighted by Gasteiger charge is -2.20. The Balaban J connectivity index is 2.40. The fourth-order valence-corrected chi connectivity index (χ4v) is 4.35. The van der Waals surface area contributed by atoms with Gasteiger partial charge in [-0.05, 0) is 36.5 Å². The molecule has 10 nitrogen and oxygen atoms in total. The minimum atomic E-state index is -0.416. The van der Waals surface area contributed by atoms with Gasteiger partial charge in [0.1, 0.15) is 11.5 Å². The van der Waals surface area contributed by atoms with Gasteiger partial charge in [0.05, 0.1) is 32.0 Å². The zero-order chi connectivity index (χ0) is 28.2. The summed E-state index contributed by atoms with van der Waals surface area (Å²) in [7, 11) is 4.70. The average Bonchev–Trinajstić information content (AvgIpc) is 3.32. The molecule has 1 heterocycles. The Bertz CT molecular complexity index is 1060. The highest BCUT2D eigenvalue weighted by molar-refractivity contribution is 5.94. The first-order valence-corrected chi connectivity index (χ1v) is 13.2. The van der Waals surface area contributed by atoms with Crippen LogP contribution in [0.3, 0.4) is 0 Å². The van der Waals surface area contributed by atoms with Crippen LogP contribution < -0.4 is 25.4 Å². The first kappa shape index (κ1) is 30.7. The number of rotatable bonds is 15. The average molecular weight is 530 g/mol.